The molecule has 0 radical (unpaired) electrons. The SMILES string of the molecule is C.COC(=O)c1ccc(S(=O)(=O)N2Cc3ccc(Cl)cc3CC(=O)[C@H]2Cc2ccccn2)cc1.O=C(O)c1ccc(S(=O)(=O)N2Cc3ccc(Cl)cc3CC(=O)[C@H]2Cc2ccccn2)cc1. The van der Waals surface area contributed by atoms with E-state index in [1.54, 1.807) is 85.2 Å². The quantitative estimate of drug-likeness (QED) is 0.133. The Morgan fingerprint density at radius 2 is 1.03 bits per heavy atom. The summed E-state index contributed by atoms with van der Waals surface area (Å²) in [6.07, 6.45) is 3.58. The van der Waals surface area contributed by atoms with Gasteiger partial charge in [0.1, 0.15) is 0 Å². The number of nitrogens with zero attached hydrogens (tertiary/aromatic N) is 4. The number of rotatable bonds is 10. The number of halogens is 2. The van der Waals surface area contributed by atoms with Crippen LogP contribution in [-0.4, -0.2) is 83.2 Å². The highest BCUT2D eigenvalue weighted by molar-refractivity contribution is 7.89. The molecule has 8 rings (SSSR count). The number of methoxy groups -OCH3 is 1. The molecule has 0 unspecified atom stereocenters. The minimum absolute atomic E-state index is 0. The lowest BCUT2D eigenvalue weighted by Gasteiger charge is -2.28. The molecule has 0 aliphatic carbocycles. The molecule has 0 amide bonds. The number of carbonyl (C=O) groups is 4. The Hall–Kier alpha value is -6.14. The van der Waals surface area contributed by atoms with Gasteiger partial charge in [-0.1, -0.05) is 54.9 Å². The Balaban J connectivity index is 0.000000215. The van der Waals surface area contributed by atoms with Crippen molar-refractivity contribution in [3.63, 3.8) is 0 Å². The Kier molecular flexibility index (Phi) is 15.7. The largest absolute Gasteiger partial charge is 0.478 e. The maximum Gasteiger partial charge on any atom is 0.337 e. The van der Waals surface area contributed by atoms with E-state index in [0.29, 0.717) is 43.7 Å². The monoisotopic (exact) mass is 970 g/mol. The molecular formula is C48H44Cl2N4O10S2. The van der Waals surface area contributed by atoms with E-state index in [2.05, 4.69) is 14.7 Å². The fraction of sp³-hybridized carbons (Fsp3) is 0.208. The number of aromatic nitrogens is 2. The van der Waals surface area contributed by atoms with Crippen LogP contribution in [0.2, 0.25) is 10.0 Å². The number of hydrogen-bond acceptors (Lipinski definition) is 11. The second kappa shape index (κ2) is 21.0. The Bertz CT molecular complexity index is 2980. The molecule has 0 fully saturated rings. The number of benzene rings is 4. The van der Waals surface area contributed by atoms with Crippen molar-refractivity contribution in [2.75, 3.05) is 7.11 Å². The van der Waals surface area contributed by atoms with E-state index in [-0.39, 0.29) is 78.7 Å². The van der Waals surface area contributed by atoms with Crippen LogP contribution in [0.25, 0.3) is 0 Å². The number of esters is 1. The molecule has 0 saturated carbocycles. The normalized spacial score (nSPS) is 16.5. The van der Waals surface area contributed by atoms with Crippen LogP contribution in [0.1, 0.15) is 61.8 Å². The lowest BCUT2D eigenvalue weighted by Crippen LogP contribution is -2.45. The van der Waals surface area contributed by atoms with Crippen molar-refractivity contribution < 1.29 is 45.9 Å². The molecule has 2 aliphatic heterocycles. The van der Waals surface area contributed by atoms with Gasteiger partial charge in [0.25, 0.3) is 0 Å². The van der Waals surface area contributed by atoms with Gasteiger partial charge in [0, 0.05) is 72.6 Å². The van der Waals surface area contributed by atoms with Crippen molar-refractivity contribution in [1.82, 2.24) is 18.6 Å². The third-order valence-corrected chi connectivity index (χ3v) is 15.2. The number of carboxylic acid groups (broad SMARTS) is 1. The van der Waals surface area contributed by atoms with Crippen molar-refractivity contribution >= 4 is 66.8 Å². The highest BCUT2D eigenvalue weighted by Gasteiger charge is 2.40. The number of sulfonamides is 2. The third kappa shape index (κ3) is 11.1. The average molecular weight is 972 g/mol. The molecule has 2 aromatic heterocycles. The van der Waals surface area contributed by atoms with E-state index < -0.39 is 44.1 Å². The number of carboxylic acids is 1. The van der Waals surface area contributed by atoms with Gasteiger partial charge in [-0.15, -0.1) is 0 Å². The number of ketones is 2. The number of carbonyl (C=O) groups excluding carboxylic acids is 3. The smallest absolute Gasteiger partial charge is 0.337 e. The number of fused-ring (bicyclic) bond motifs is 2. The van der Waals surface area contributed by atoms with Gasteiger partial charge in [-0.3, -0.25) is 19.6 Å². The summed E-state index contributed by atoms with van der Waals surface area (Å²) in [6, 6.07) is 29.3. The lowest BCUT2D eigenvalue weighted by molar-refractivity contribution is -0.122. The summed E-state index contributed by atoms with van der Waals surface area (Å²) in [7, 11) is -6.96. The van der Waals surface area contributed by atoms with Gasteiger partial charge < -0.3 is 9.84 Å². The van der Waals surface area contributed by atoms with Crippen LogP contribution < -0.4 is 0 Å². The Morgan fingerprint density at radius 1 is 0.621 bits per heavy atom. The first-order chi connectivity index (χ1) is 31.0. The predicted molar refractivity (Wildman–Crippen MR) is 247 cm³/mol. The van der Waals surface area contributed by atoms with Crippen LogP contribution in [-0.2, 0) is 73.1 Å². The second-order valence-corrected chi connectivity index (χ2v) is 19.8. The van der Waals surface area contributed by atoms with Crippen LogP contribution in [0.3, 0.4) is 0 Å². The van der Waals surface area contributed by atoms with Crippen LogP contribution in [0, 0.1) is 0 Å². The second-order valence-electron chi connectivity index (χ2n) is 15.1. The first kappa shape index (κ1) is 49.3. The Labute approximate surface area is 392 Å². The summed E-state index contributed by atoms with van der Waals surface area (Å²) in [5.41, 5.74) is 4.21. The Morgan fingerprint density at radius 3 is 1.39 bits per heavy atom. The molecule has 2 atom stereocenters. The average Bonchev–Trinajstić information content (AvgIpc) is 3.53. The van der Waals surface area contributed by atoms with E-state index in [0.717, 1.165) is 0 Å². The summed E-state index contributed by atoms with van der Waals surface area (Å²) in [6.45, 7) is -0.00438. The van der Waals surface area contributed by atoms with Crippen LogP contribution in [0.5, 0.6) is 0 Å². The molecule has 18 heteroatoms. The van der Waals surface area contributed by atoms with Crippen molar-refractivity contribution in [1.29, 1.82) is 0 Å². The zero-order valence-corrected chi connectivity index (χ0v) is 37.7. The van der Waals surface area contributed by atoms with E-state index in [1.807, 2.05) is 0 Å². The summed E-state index contributed by atoms with van der Waals surface area (Å²) in [5, 5.41) is 10.1. The van der Waals surface area contributed by atoms with Crippen molar-refractivity contribution in [3.05, 3.63) is 189 Å². The fourth-order valence-electron chi connectivity index (χ4n) is 7.61. The van der Waals surface area contributed by atoms with Gasteiger partial charge >= 0.3 is 11.9 Å². The van der Waals surface area contributed by atoms with Gasteiger partial charge in [0.2, 0.25) is 20.0 Å². The third-order valence-electron chi connectivity index (χ3n) is 11.0. The molecule has 1 N–H and O–H groups in total. The zero-order chi connectivity index (χ0) is 46.5. The zero-order valence-electron chi connectivity index (χ0n) is 34.6. The minimum atomic E-state index is -4.12. The number of aromatic carboxylic acids is 1. The van der Waals surface area contributed by atoms with E-state index in [4.69, 9.17) is 28.3 Å². The molecule has 2 aliphatic rings. The summed E-state index contributed by atoms with van der Waals surface area (Å²) < 4.78 is 61.8. The highest BCUT2D eigenvalue weighted by Crippen LogP contribution is 2.32. The molecule has 6 aromatic rings. The molecule has 4 aromatic carbocycles. The first-order valence-corrected chi connectivity index (χ1v) is 23.6. The summed E-state index contributed by atoms with van der Waals surface area (Å²) in [4.78, 5) is 57.9. The molecule has 0 bridgehead atoms. The maximum absolute atomic E-state index is 13.7. The number of hydrogen-bond donors (Lipinski definition) is 1. The van der Waals surface area contributed by atoms with Gasteiger partial charge in [-0.05, 0) is 119 Å². The first-order valence-electron chi connectivity index (χ1n) is 20.0. The van der Waals surface area contributed by atoms with Crippen molar-refractivity contribution in [3.8, 4) is 0 Å². The lowest BCUT2D eigenvalue weighted by atomic mass is 10.00. The van der Waals surface area contributed by atoms with Crippen LogP contribution >= 0.6 is 23.2 Å². The molecule has 4 heterocycles. The van der Waals surface area contributed by atoms with Crippen LogP contribution in [0.4, 0.5) is 0 Å². The van der Waals surface area contributed by atoms with Crippen LogP contribution in [0.15, 0.2) is 144 Å². The molecule has 0 spiro atoms. The maximum atomic E-state index is 13.7. The highest BCUT2D eigenvalue weighted by atomic mass is 35.5. The summed E-state index contributed by atoms with van der Waals surface area (Å²) >= 11 is 12.2. The van der Waals surface area contributed by atoms with E-state index >= 15 is 0 Å². The van der Waals surface area contributed by atoms with Gasteiger partial charge in [-0.25, -0.2) is 26.4 Å². The van der Waals surface area contributed by atoms with E-state index in [9.17, 15) is 36.0 Å². The predicted octanol–water partition coefficient (Wildman–Crippen LogP) is 7.45. The standard InChI is InChI=1S/C24H21ClN2O5S.C23H19ClN2O5S.CH4/c1-32-24(29)16-6-9-21(10-7-16)33(30,31)27-15-17-5-8-19(25)12-18(17)13-23(28)22(27)14-20-4-2-3-11-26-20;24-18-7-4-16-14-26(32(30,31)20-8-5-15(6-9-20)23(28)29)21(22(27)12-17(16)11-18)13-19-3-1-2-10-25-19;/h2-12,22H,13-15H2,1H3;1-11,21H,12-14H2,(H,28,29);1H4/t22-;21-;/m11./s1. The number of pyridine rings is 2. The van der Waals surface area contributed by atoms with Gasteiger partial charge in [0.05, 0.1) is 40.1 Å². The van der Waals surface area contributed by atoms with Crippen molar-refractivity contribution in [2.24, 2.45) is 0 Å². The molecule has 342 valence electrons. The topological polar surface area (TPSA) is 198 Å². The molecule has 14 nitrogen and oxygen atoms in total. The molecule has 0 saturated heterocycles. The molecule has 66 heavy (non-hydrogen) atoms. The number of Topliss-reactive ketones (excluding diaryl/α,β-unsaturated/α-hetero) is 2. The fourth-order valence-corrected chi connectivity index (χ4v) is 11.2. The number of ether oxygens (including phenoxy) is 1. The minimum Gasteiger partial charge on any atom is -0.478 e. The van der Waals surface area contributed by atoms with Gasteiger partial charge in [0.15, 0.2) is 11.6 Å². The van der Waals surface area contributed by atoms with Gasteiger partial charge in [-0.2, -0.15) is 8.61 Å². The van der Waals surface area contributed by atoms with Crippen molar-refractivity contribution in [2.45, 2.75) is 68.1 Å². The molecular weight excluding hydrogens is 928 g/mol. The summed E-state index contributed by atoms with van der Waals surface area (Å²) in [5.74, 6) is -2.22. The van der Waals surface area contributed by atoms with E-state index in [1.165, 1.54) is 64.3 Å².